The van der Waals surface area contributed by atoms with Crippen molar-refractivity contribution in [2.24, 2.45) is 23.3 Å². The molecule has 1 saturated heterocycles. The molecule has 0 radical (unpaired) electrons. The van der Waals surface area contributed by atoms with E-state index in [0.29, 0.717) is 38.6 Å². The molecular weight excluding hydrogens is 528 g/mol. The van der Waals surface area contributed by atoms with E-state index in [1.165, 1.54) is 11.9 Å². The molecule has 14 heteroatoms. The minimum atomic E-state index is -3.92. The third-order valence-electron chi connectivity index (χ3n) is 6.67. The van der Waals surface area contributed by atoms with E-state index in [1.807, 2.05) is 16.9 Å². The van der Waals surface area contributed by atoms with Crippen molar-refractivity contribution in [3.05, 3.63) is 12.2 Å². The van der Waals surface area contributed by atoms with Crippen LogP contribution in [0.2, 0.25) is 0 Å². The fraction of sp³-hybridized carbons (Fsp3) is 0.760. The van der Waals surface area contributed by atoms with E-state index < -0.39 is 45.8 Å². The Morgan fingerprint density at radius 1 is 1.18 bits per heavy atom. The molecule has 0 unspecified atom stereocenters. The van der Waals surface area contributed by atoms with Crippen molar-refractivity contribution >= 4 is 34.0 Å². The zero-order valence-corrected chi connectivity index (χ0v) is 24.2. The van der Waals surface area contributed by atoms with Gasteiger partial charge in [0.25, 0.3) is 0 Å². The van der Waals surface area contributed by atoms with E-state index in [0.717, 1.165) is 23.6 Å². The molecule has 0 aromatic rings. The number of carbonyl (C=O) groups is 4. The third-order valence-corrected chi connectivity index (χ3v) is 8.10. The number of allylic oxidation sites excluding steroid dienone is 2. The van der Waals surface area contributed by atoms with Crippen molar-refractivity contribution in [2.75, 3.05) is 20.3 Å². The number of nitrogens with two attached hydrogens (primary N) is 2. The summed E-state index contributed by atoms with van der Waals surface area (Å²) in [4.78, 5) is 51.0. The fourth-order valence-corrected chi connectivity index (χ4v) is 5.16. The Kier molecular flexibility index (Phi) is 11.7. The highest BCUT2D eigenvalue weighted by Crippen LogP contribution is 2.40. The van der Waals surface area contributed by atoms with Gasteiger partial charge < -0.3 is 26.4 Å². The number of rotatable bonds is 14. The number of hydrogen-bond acceptors (Lipinski definition) is 8. The first kappa shape index (κ1) is 32.5. The predicted molar refractivity (Wildman–Crippen MR) is 145 cm³/mol. The summed E-state index contributed by atoms with van der Waals surface area (Å²) in [6.07, 6.45) is 8.42. The van der Waals surface area contributed by atoms with Crippen LogP contribution in [0.4, 0.5) is 4.79 Å². The van der Waals surface area contributed by atoms with Crippen LogP contribution in [0.3, 0.4) is 0 Å². The first-order valence-corrected chi connectivity index (χ1v) is 14.8. The zero-order chi connectivity index (χ0) is 29.4. The number of ether oxygens (including phenoxy) is 1. The van der Waals surface area contributed by atoms with Crippen LogP contribution >= 0.6 is 0 Å². The number of hydrogen-bond donors (Lipinski definition) is 4. The Bertz CT molecular complexity index is 1030. The molecule has 2 fully saturated rings. The van der Waals surface area contributed by atoms with Crippen molar-refractivity contribution in [2.45, 2.75) is 89.8 Å². The van der Waals surface area contributed by atoms with Crippen LogP contribution in [0.5, 0.6) is 0 Å². The van der Waals surface area contributed by atoms with E-state index >= 15 is 0 Å². The average Bonchev–Trinajstić information content (AvgIpc) is 3.43. The second kappa shape index (κ2) is 14.1. The summed E-state index contributed by atoms with van der Waals surface area (Å²) in [5.41, 5.74) is 10.1. The highest BCUT2D eigenvalue weighted by molar-refractivity contribution is 7.87. The van der Waals surface area contributed by atoms with E-state index in [2.05, 4.69) is 5.32 Å². The fourth-order valence-electron chi connectivity index (χ4n) is 4.40. The Hall–Kier alpha value is -2.71. The maximum absolute atomic E-state index is 13.2. The number of likely N-dealkylation sites (tertiary alicyclic amines) is 1. The molecule has 13 nitrogen and oxygen atoms in total. The Morgan fingerprint density at radius 3 is 2.49 bits per heavy atom. The Morgan fingerprint density at radius 2 is 1.87 bits per heavy atom. The highest BCUT2D eigenvalue weighted by Gasteiger charge is 2.42. The van der Waals surface area contributed by atoms with Gasteiger partial charge in [0.1, 0.15) is 17.7 Å². The molecule has 0 spiro atoms. The van der Waals surface area contributed by atoms with Crippen LogP contribution in [-0.4, -0.2) is 79.4 Å². The summed E-state index contributed by atoms with van der Waals surface area (Å²) < 4.78 is 32.1. The number of unbranched alkanes of at least 4 members (excludes halogenated alkanes) is 3. The number of carbonyl (C=O) groups excluding carboxylic acids is 4. The van der Waals surface area contributed by atoms with E-state index in [-0.39, 0.29) is 24.4 Å². The quantitative estimate of drug-likeness (QED) is 0.133. The first-order valence-electron chi connectivity index (χ1n) is 13.4. The number of primary amides is 1. The summed E-state index contributed by atoms with van der Waals surface area (Å²) in [5, 5.41) is 2.67. The number of alkyl carbamates (subject to hydrolysis) is 1. The topological polar surface area (TPSA) is 194 Å². The summed E-state index contributed by atoms with van der Waals surface area (Å²) in [7, 11) is -2.63. The monoisotopic (exact) mass is 572 g/mol. The van der Waals surface area contributed by atoms with Gasteiger partial charge in [-0.05, 0) is 65.2 Å². The van der Waals surface area contributed by atoms with Gasteiger partial charge >= 0.3 is 16.3 Å². The van der Waals surface area contributed by atoms with Gasteiger partial charge in [0.2, 0.25) is 17.7 Å². The Labute approximate surface area is 231 Å². The predicted octanol–water partition coefficient (Wildman–Crippen LogP) is 0.708. The van der Waals surface area contributed by atoms with Gasteiger partial charge in [-0.2, -0.15) is 12.7 Å². The Balaban J connectivity index is 1.79. The van der Waals surface area contributed by atoms with Crippen molar-refractivity contribution in [1.29, 1.82) is 0 Å². The smallest absolute Gasteiger partial charge is 0.408 e. The lowest BCUT2D eigenvalue weighted by Crippen LogP contribution is -2.53. The van der Waals surface area contributed by atoms with Crippen LogP contribution < -0.4 is 21.5 Å². The molecule has 0 aromatic heterocycles. The highest BCUT2D eigenvalue weighted by atomic mass is 32.2. The molecule has 1 aliphatic heterocycles. The van der Waals surface area contributed by atoms with Crippen LogP contribution in [-0.2, 0) is 29.3 Å². The second-order valence-corrected chi connectivity index (χ2v) is 12.9. The normalized spacial score (nSPS) is 22.1. The van der Waals surface area contributed by atoms with Crippen LogP contribution in [0.25, 0.3) is 0 Å². The van der Waals surface area contributed by atoms with Crippen molar-refractivity contribution in [3.8, 4) is 0 Å². The lowest BCUT2D eigenvalue weighted by molar-refractivity contribution is -0.139. The molecule has 1 heterocycles. The van der Waals surface area contributed by atoms with Crippen LogP contribution in [0.15, 0.2) is 12.2 Å². The van der Waals surface area contributed by atoms with Crippen LogP contribution in [0.1, 0.15) is 72.1 Å². The summed E-state index contributed by atoms with van der Waals surface area (Å²) >= 11 is 0. The molecule has 2 rings (SSSR count). The third kappa shape index (κ3) is 10.4. The van der Waals surface area contributed by atoms with Crippen LogP contribution in [0, 0.1) is 11.8 Å². The lowest BCUT2D eigenvalue weighted by atomic mass is 10.0. The average molecular weight is 573 g/mol. The SMILES string of the molecule is CN(CN)S(=O)(=O)NC(=O)[C@H]1C[C@H]1/C=C\CCCCC[C@H](NC(=O)OC(C)(C)C)C(=O)N1CCC[C@H]1C(N)=O. The van der Waals surface area contributed by atoms with Gasteiger partial charge in [0, 0.05) is 19.5 Å². The molecule has 1 saturated carbocycles. The standard InChI is InChI=1S/C25H44N6O7S/c1-25(2,3)38-24(35)28-19(23(34)31-14-10-13-20(31)21(27)32)12-9-7-5-6-8-11-17-15-18(17)22(33)29-39(36,37)30(4)16-26/h8,11,17-20H,5-7,9-10,12-16,26H2,1-4H3,(H2,27,32)(H,28,35)(H,29,33)/b11-8-/t17-,18+,19+,20+/m1/s1. The second-order valence-electron chi connectivity index (χ2n) is 11.1. The minimum Gasteiger partial charge on any atom is -0.444 e. The molecule has 1 aliphatic carbocycles. The molecule has 0 bridgehead atoms. The van der Waals surface area contributed by atoms with E-state index in [1.54, 1.807) is 20.8 Å². The van der Waals surface area contributed by atoms with Crippen molar-refractivity contribution < 1.29 is 32.3 Å². The van der Waals surface area contributed by atoms with E-state index in [9.17, 15) is 27.6 Å². The first-order chi connectivity index (χ1) is 18.2. The van der Waals surface area contributed by atoms with Crippen molar-refractivity contribution in [3.63, 3.8) is 0 Å². The molecular formula is C25H44N6O7S. The summed E-state index contributed by atoms with van der Waals surface area (Å²) in [6, 6.07) is -1.49. The summed E-state index contributed by atoms with van der Waals surface area (Å²) in [6.45, 7) is 5.39. The molecule has 222 valence electrons. The molecule has 6 N–H and O–H groups in total. The van der Waals surface area contributed by atoms with Gasteiger partial charge in [-0.1, -0.05) is 25.0 Å². The van der Waals surface area contributed by atoms with Crippen molar-refractivity contribution in [1.82, 2.24) is 19.2 Å². The minimum absolute atomic E-state index is 0.00192. The van der Waals surface area contributed by atoms with Gasteiger partial charge in [-0.15, -0.1) is 0 Å². The van der Waals surface area contributed by atoms with Gasteiger partial charge in [-0.25, -0.2) is 9.52 Å². The zero-order valence-electron chi connectivity index (χ0n) is 23.4. The lowest BCUT2D eigenvalue weighted by Gasteiger charge is -2.28. The maximum Gasteiger partial charge on any atom is 0.408 e. The molecule has 0 aromatic carbocycles. The molecule has 4 amide bonds. The molecule has 2 aliphatic rings. The van der Waals surface area contributed by atoms with E-state index in [4.69, 9.17) is 16.2 Å². The number of amides is 4. The van der Waals surface area contributed by atoms with Gasteiger partial charge in [0.05, 0.1) is 6.67 Å². The molecule has 4 atom stereocenters. The summed E-state index contributed by atoms with van der Waals surface area (Å²) in [5.74, 6) is -1.79. The van der Waals surface area contributed by atoms with Gasteiger partial charge in [-0.3, -0.25) is 14.4 Å². The number of nitrogens with zero attached hydrogens (tertiary/aromatic N) is 2. The number of nitrogens with one attached hydrogen (secondary N) is 2. The maximum atomic E-state index is 13.2. The molecule has 39 heavy (non-hydrogen) atoms. The largest absolute Gasteiger partial charge is 0.444 e. The van der Waals surface area contributed by atoms with Gasteiger partial charge in [0.15, 0.2) is 0 Å².